The Balaban J connectivity index is 1.91. The van der Waals surface area contributed by atoms with Crippen LogP contribution in [0.3, 0.4) is 0 Å². The first-order valence-corrected chi connectivity index (χ1v) is 8.75. The van der Waals surface area contributed by atoms with E-state index >= 15 is 0 Å². The highest BCUT2D eigenvalue weighted by Crippen LogP contribution is 2.22. The molecule has 0 aliphatic heterocycles. The minimum atomic E-state index is -0.579. The van der Waals surface area contributed by atoms with Crippen LogP contribution in [0.15, 0.2) is 44.7 Å². The van der Waals surface area contributed by atoms with Crippen molar-refractivity contribution in [1.82, 2.24) is 24.0 Å². The Hall–Kier alpha value is -2.68. The zero-order chi connectivity index (χ0) is 19.0. The van der Waals surface area contributed by atoms with Gasteiger partial charge < -0.3 is 9.88 Å². The molecule has 9 heteroatoms. The van der Waals surface area contributed by atoms with E-state index < -0.39 is 17.2 Å². The quantitative estimate of drug-likeness (QED) is 0.684. The molecule has 0 saturated heterocycles. The summed E-state index contributed by atoms with van der Waals surface area (Å²) in [6.45, 7) is 1.48. The third-order valence-corrected chi connectivity index (χ3v) is 4.97. The van der Waals surface area contributed by atoms with Gasteiger partial charge in [0.1, 0.15) is 6.54 Å². The Morgan fingerprint density at radius 1 is 1.27 bits per heavy atom. The highest BCUT2D eigenvalue weighted by Gasteiger charge is 2.18. The summed E-state index contributed by atoms with van der Waals surface area (Å²) in [4.78, 5) is 41.6. The van der Waals surface area contributed by atoms with Crippen molar-refractivity contribution in [3.05, 3.63) is 61.5 Å². The van der Waals surface area contributed by atoms with Gasteiger partial charge in [0.05, 0.1) is 12.4 Å². The van der Waals surface area contributed by atoms with Gasteiger partial charge in [0.25, 0.3) is 5.56 Å². The monoisotopic (exact) mass is 419 g/mol. The molecule has 0 aliphatic carbocycles. The molecule has 0 spiro atoms. The van der Waals surface area contributed by atoms with Crippen molar-refractivity contribution in [2.45, 2.75) is 19.5 Å². The van der Waals surface area contributed by atoms with E-state index in [0.717, 1.165) is 14.6 Å². The molecular formula is C17H18BrN5O3. The molecule has 0 aliphatic rings. The van der Waals surface area contributed by atoms with Crippen LogP contribution in [0.25, 0.3) is 11.2 Å². The SMILES string of the molecule is C[C@H](NC(=O)Cn1c(=O)c2c(ncn2C)n(C)c1=O)c1ccccc1Br. The van der Waals surface area contributed by atoms with Crippen LogP contribution in [0, 0.1) is 0 Å². The fraction of sp³-hybridized carbons (Fsp3) is 0.294. The average Bonchev–Trinajstić information content (AvgIpc) is 2.99. The highest BCUT2D eigenvalue weighted by atomic mass is 79.9. The number of hydrogen-bond acceptors (Lipinski definition) is 4. The number of aromatic nitrogens is 4. The minimum Gasteiger partial charge on any atom is -0.348 e. The summed E-state index contributed by atoms with van der Waals surface area (Å²) in [7, 11) is 3.19. The zero-order valence-electron chi connectivity index (χ0n) is 14.6. The smallest absolute Gasteiger partial charge is 0.332 e. The van der Waals surface area contributed by atoms with Crippen LogP contribution in [0.1, 0.15) is 18.5 Å². The lowest BCUT2D eigenvalue weighted by Crippen LogP contribution is -2.43. The van der Waals surface area contributed by atoms with Crippen LogP contribution in [0.5, 0.6) is 0 Å². The van der Waals surface area contributed by atoms with Crippen LogP contribution in [-0.2, 0) is 25.4 Å². The Bertz CT molecular complexity index is 1110. The second-order valence-corrected chi connectivity index (χ2v) is 6.93. The van der Waals surface area contributed by atoms with Crippen molar-refractivity contribution < 1.29 is 4.79 Å². The minimum absolute atomic E-state index is 0.277. The summed E-state index contributed by atoms with van der Waals surface area (Å²) >= 11 is 3.45. The molecule has 2 heterocycles. The third-order valence-electron chi connectivity index (χ3n) is 4.25. The molecule has 3 rings (SSSR count). The van der Waals surface area contributed by atoms with Crippen LogP contribution < -0.4 is 16.6 Å². The molecule has 1 aromatic carbocycles. The lowest BCUT2D eigenvalue weighted by Gasteiger charge is -2.16. The number of rotatable bonds is 4. The molecule has 8 nitrogen and oxygen atoms in total. The van der Waals surface area contributed by atoms with Crippen LogP contribution in [0.2, 0.25) is 0 Å². The molecule has 1 amide bonds. The Morgan fingerprint density at radius 2 is 1.96 bits per heavy atom. The van der Waals surface area contributed by atoms with Crippen molar-refractivity contribution in [3.63, 3.8) is 0 Å². The summed E-state index contributed by atoms with van der Waals surface area (Å²) in [5.74, 6) is -0.422. The standard InChI is InChI=1S/C17H18BrN5O3/c1-10(11-6-4-5-7-12(11)18)20-13(24)8-23-16(25)14-15(19-9-21(14)2)22(3)17(23)26/h4-7,9-10H,8H2,1-3H3,(H,20,24)/t10-/m0/s1. The van der Waals surface area contributed by atoms with Gasteiger partial charge in [0, 0.05) is 18.6 Å². The predicted molar refractivity (Wildman–Crippen MR) is 101 cm³/mol. The number of amides is 1. The average molecular weight is 420 g/mol. The topological polar surface area (TPSA) is 90.9 Å². The summed E-state index contributed by atoms with van der Waals surface area (Å²) in [5.41, 5.74) is 0.361. The second-order valence-electron chi connectivity index (χ2n) is 6.07. The normalized spacial score (nSPS) is 12.3. The van der Waals surface area contributed by atoms with Crippen LogP contribution >= 0.6 is 15.9 Å². The number of imidazole rings is 1. The molecule has 0 radical (unpaired) electrons. The summed E-state index contributed by atoms with van der Waals surface area (Å²) in [6, 6.07) is 7.25. The van der Waals surface area contributed by atoms with E-state index in [1.54, 1.807) is 7.05 Å². The largest absolute Gasteiger partial charge is 0.348 e. The fourth-order valence-electron chi connectivity index (χ4n) is 2.87. The second kappa shape index (κ2) is 6.91. The Labute approximate surface area is 157 Å². The Morgan fingerprint density at radius 3 is 2.65 bits per heavy atom. The van der Waals surface area contributed by atoms with Gasteiger partial charge in [-0.1, -0.05) is 34.1 Å². The summed E-state index contributed by atoms with van der Waals surface area (Å²) in [5, 5.41) is 2.82. The van der Waals surface area contributed by atoms with E-state index in [1.807, 2.05) is 31.2 Å². The molecule has 3 aromatic rings. The molecule has 2 aromatic heterocycles. The van der Waals surface area contributed by atoms with Gasteiger partial charge in [-0.3, -0.25) is 14.2 Å². The maximum absolute atomic E-state index is 12.6. The third kappa shape index (κ3) is 3.10. The first-order chi connectivity index (χ1) is 12.3. The number of aryl methyl sites for hydroxylation is 2. The highest BCUT2D eigenvalue weighted by molar-refractivity contribution is 9.10. The van der Waals surface area contributed by atoms with E-state index in [9.17, 15) is 14.4 Å². The number of benzene rings is 1. The predicted octanol–water partition coefficient (Wildman–Crippen LogP) is 1.07. The summed E-state index contributed by atoms with van der Waals surface area (Å²) in [6.07, 6.45) is 1.46. The van der Waals surface area contributed by atoms with E-state index in [0.29, 0.717) is 5.65 Å². The van der Waals surface area contributed by atoms with Gasteiger partial charge in [-0.15, -0.1) is 0 Å². The maximum Gasteiger partial charge on any atom is 0.332 e. The van der Waals surface area contributed by atoms with Gasteiger partial charge in [-0.05, 0) is 18.6 Å². The number of hydrogen-bond donors (Lipinski definition) is 1. The van der Waals surface area contributed by atoms with Crippen molar-refractivity contribution >= 4 is 33.0 Å². The molecule has 0 fully saturated rings. The van der Waals surface area contributed by atoms with Crippen molar-refractivity contribution in [1.29, 1.82) is 0 Å². The zero-order valence-corrected chi connectivity index (χ0v) is 16.1. The first-order valence-electron chi connectivity index (χ1n) is 7.96. The van der Waals surface area contributed by atoms with Gasteiger partial charge in [-0.2, -0.15) is 0 Å². The summed E-state index contributed by atoms with van der Waals surface area (Å²) < 4.78 is 4.60. The first kappa shape index (κ1) is 18.1. The van der Waals surface area contributed by atoms with Crippen molar-refractivity contribution in [3.8, 4) is 0 Å². The molecular weight excluding hydrogens is 402 g/mol. The van der Waals surface area contributed by atoms with Gasteiger partial charge in [0.15, 0.2) is 11.2 Å². The molecule has 0 bridgehead atoms. The number of carbonyl (C=O) groups is 1. The maximum atomic E-state index is 12.6. The molecule has 0 saturated carbocycles. The van der Waals surface area contributed by atoms with Gasteiger partial charge >= 0.3 is 5.69 Å². The molecule has 1 atom stereocenters. The Kier molecular flexibility index (Phi) is 4.82. The number of carbonyl (C=O) groups excluding carboxylic acids is 1. The molecule has 0 unspecified atom stereocenters. The van der Waals surface area contributed by atoms with Crippen LogP contribution in [0.4, 0.5) is 0 Å². The molecule has 26 heavy (non-hydrogen) atoms. The van der Waals surface area contributed by atoms with Crippen LogP contribution in [-0.4, -0.2) is 24.6 Å². The fourth-order valence-corrected chi connectivity index (χ4v) is 3.50. The lowest BCUT2D eigenvalue weighted by atomic mass is 10.1. The molecule has 136 valence electrons. The van der Waals surface area contributed by atoms with Crippen molar-refractivity contribution in [2.75, 3.05) is 0 Å². The molecule has 1 N–H and O–H groups in total. The van der Waals surface area contributed by atoms with Crippen molar-refractivity contribution in [2.24, 2.45) is 14.1 Å². The van der Waals surface area contributed by atoms with E-state index in [2.05, 4.69) is 26.2 Å². The number of nitrogens with zero attached hydrogens (tertiary/aromatic N) is 4. The van der Waals surface area contributed by atoms with Gasteiger partial charge in [-0.25, -0.2) is 14.3 Å². The van der Waals surface area contributed by atoms with E-state index in [1.165, 1.54) is 22.5 Å². The van der Waals surface area contributed by atoms with E-state index in [4.69, 9.17) is 0 Å². The number of nitrogens with one attached hydrogen (secondary N) is 1. The van der Waals surface area contributed by atoms with Gasteiger partial charge in [0.2, 0.25) is 5.91 Å². The lowest BCUT2D eigenvalue weighted by molar-refractivity contribution is -0.122. The van der Waals surface area contributed by atoms with E-state index in [-0.39, 0.29) is 18.1 Å². The number of fused-ring (bicyclic) bond motifs is 1. The number of halogens is 1.